The number of hydrogen-bond donors (Lipinski definition) is 3. The first-order valence-electron chi connectivity index (χ1n) is 6.43. The Morgan fingerprint density at radius 2 is 2.00 bits per heavy atom. The third-order valence-electron chi connectivity index (χ3n) is 2.50. The average Bonchev–Trinajstić information content (AvgIpc) is 2.41. The SMILES string of the molecule is CCNC(=O)[C@@H](C)NC(=O)Nc1ccc(OC(F)F)c(F)c1. The summed E-state index contributed by atoms with van der Waals surface area (Å²) in [6.45, 7) is 0.486. The second-order valence-corrected chi connectivity index (χ2v) is 4.24. The number of carbonyl (C=O) groups excluding carboxylic acids is 2. The number of likely N-dealkylation sites (N-methyl/N-ethyl adjacent to an activating group) is 1. The third-order valence-corrected chi connectivity index (χ3v) is 2.50. The summed E-state index contributed by atoms with van der Waals surface area (Å²) >= 11 is 0. The predicted octanol–water partition coefficient (Wildman–Crippen LogP) is 2.07. The van der Waals surface area contributed by atoms with Gasteiger partial charge in [0.25, 0.3) is 0 Å². The van der Waals surface area contributed by atoms with Crippen LogP contribution in [0.5, 0.6) is 5.75 Å². The molecule has 122 valence electrons. The molecule has 0 aliphatic heterocycles. The molecule has 1 aromatic carbocycles. The molecule has 22 heavy (non-hydrogen) atoms. The number of nitrogens with one attached hydrogen (secondary N) is 3. The zero-order valence-electron chi connectivity index (χ0n) is 12.0. The molecule has 0 aliphatic rings. The number of carbonyl (C=O) groups is 2. The first kappa shape index (κ1) is 17.6. The smallest absolute Gasteiger partial charge is 0.387 e. The van der Waals surface area contributed by atoms with Gasteiger partial charge >= 0.3 is 12.6 Å². The van der Waals surface area contributed by atoms with Gasteiger partial charge in [0.2, 0.25) is 5.91 Å². The molecule has 3 amide bonds. The molecular formula is C13H16F3N3O3. The molecule has 6 nitrogen and oxygen atoms in total. The molecule has 0 fully saturated rings. The maximum atomic E-state index is 13.5. The molecule has 1 aromatic rings. The lowest BCUT2D eigenvalue weighted by Crippen LogP contribution is -2.46. The Bertz CT molecular complexity index is 541. The largest absolute Gasteiger partial charge is 0.432 e. The Labute approximate surface area is 125 Å². The fraction of sp³-hybridized carbons (Fsp3) is 0.385. The van der Waals surface area contributed by atoms with Crippen LogP contribution in [0, 0.1) is 5.82 Å². The number of urea groups is 1. The fourth-order valence-corrected chi connectivity index (χ4v) is 1.53. The molecule has 1 rings (SSSR count). The van der Waals surface area contributed by atoms with E-state index in [4.69, 9.17) is 0 Å². The number of ether oxygens (including phenoxy) is 1. The maximum absolute atomic E-state index is 13.5. The lowest BCUT2D eigenvalue weighted by atomic mass is 10.3. The highest BCUT2D eigenvalue weighted by molar-refractivity contribution is 5.93. The van der Waals surface area contributed by atoms with E-state index in [9.17, 15) is 22.8 Å². The van der Waals surface area contributed by atoms with Crippen molar-refractivity contribution in [1.29, 1.82) is 0 Å². The van der Waals surface area contributed by atoms with Gasteiger partial charge in [-0.15, -0.1) is 0 Å². The molecule has 0 spiro atoms. The highest BCUT2D eigenvalue weighted by Crippen LogP contribution is 2.22. The Morgan fingerprint density at radius 3 is 2.55 bits per heavy atom. The molecule has 0 saturated carbocycles. The Kier molecular flexibility index (Phi) is 6.48. The van der Waals surface area contributed by atoms with Crippen LogP contribution in [0.2, 0.25) is 0 Å². The molecule has 1 atom stereocenters. The van der Waals surface area contributed by atoms with Crippen LogP contribution >= 0.6 is 0 Å². The number of amides is 3. The van der Waals surface area contributed by atoms with Crippen molar-refractivity contribution < 1.29 is 27.5 Å². The van der Waals surface area contributed by atoms with Gasteiger partial charge in [-0.3, -0.25) is 4.79 Å². The van der Waals surface area contributed by atoms with E-state index < -0.39 is 30.3 Å². The Hall–Kier alpha value is -2.45. The van der Waals surface area contributed by atoms with Crippen LogP contribution < -0.4 is 20.7 Å². The number of alkyl halides is 2. The minimum absolute atomic E-state index is 0.0275. The predicted molar refractivity (Wildman–Crippen MR) is 73.3 cm³/mol. The summed E-state index contributed by atoms with van der Waals surface area (Å²) in [7, 11) is 0. The quantitative estimate of drug-likeness (QED) is 0.751. The average molecular weight is 319 g/mol. The number of halogens is 3. The minimum Gasteiger partial charge on any atom is -0.432 e. The molecular weight excluding hydrogens is 303 g/mol. The van der Waals surface area contributed by atoms with Crippen molar-refractivity contribution in [2.45, 2.75) is 26.5 Å². The number of anilines is 1. The molecule has 0 bridgehead atoms. The molecule has 0 heterocycles. The summed E-state index contributed by atoms with van der Waals surface area (Å²) in [6, 6.07) is 1.46. The third kappa shape index (κ3) is 5.51. The number of hydrogen-bond acceptors (Lipinski definition) is 3. The van der Waals surface area contributed by atoms with Gasteiger partial charge in [-0.2, -0.15) is 8.78 Å². The van der Waals surface area contributed by atoms with Gasteiger partial charge in [0.15, 0.2) is 11.6 Å². The van der Waals surface area contributed by atoms with Crippen molar-refractivity contribution in [1.82, 2.24) is 10.6 Å². The van der Waals surface area contributed by atoms with Crippen molar-refractivity contribution in [3.63, 3.8) is 0 Å². The van der Waals surface area contributed by atoms with E-state index in [0.29, 0.717) is 6.54 Å². The molecule has 3 N–H and O–H groups in total. The lowest BCUT2D eigenvalue weighted by Gasteiger charge is -2.14. The lowest BCUT2D eigenvalue weighted by molar-refractivity contribution is -0.122. The van der Waals surface area contributed by atoms with Gasteiger partial charge < -0.3 is 20.7 Å². The summed E-state index contributed by atoms with van der Waals surface area (Å²) in [5, 5.41) is 7.14. The molecule has 0 unspecified atom stereocenters. The van der Waals surface area contributed by atoms with Crippen LogP contribution in [0.25, 0.3) is 0 Å². The Morgan fingerprint density at radius 1 is 1.32 bits per heavy atom. The molecule has 0 aliphatic carbocycles. The van der Waals surface area contributed by atoms with Gasteiger partial charge in [0, 0.05) is 18.3 Å². The highest BCUT2D eigenvalue weighted by atomic mass is 19.3. The van der Waals surface area contributed by atoms with Gasteiger partial charge in [0.1, 0.15) is 6.04 Å². The van der Waals surface area contributed by atoms with Crippen LogP contribution in [0.1, 0.15) is 13.8 Å². The van der Waals surface area contributed by atoms with Crippen molar-refractivity contribution in [2.75, 3.05) is 11.9 Å². The summed E-state index contributed by atoms with van der Waals surface area (Å²) in [4.78, 5) is 23.1. The van der Waals surface area contributed by atoms with Crippen LogP contribution in [0.3, 0.4) is 0 Å². The van der Waals surface area contributed by atoms with Crippen LogP contribution in [-0.4, -0.2) is 31.1 Å². The van der Waals surface area contributed by atoms with Crippen LogP contribution in [0.4, 0.5) is 23.7 Å². The van der Waals surface area contributed by atoms with E-state index in [1.807, 2.05) is 0 Å². The first-order valence-corrected chi connectivity index (χ1v) is 6.43. The summed E-state index contributed by atoms with van der Waals surface area (Å²) in [6.07, 6.45) is 0. The van der Waals surface area contributed by atoms with Gasteiger partial charge in [-0.1, -0.05) is 0 Å². The maximum Gasteiger partial charge on any atom is 0.387 e. The second kappa shape index (κ2) is 8.11. The number of benzene rings is 1. The second-order valence-electron chi connectivity index (χ2n) is 4.24. The van der Waals surface area contributed by atoms with E-state index in [2.05, 4.69) is 20.7 Å². The van der Waals surface area contributed by atoms with Gasteiger partial charge in [0.05, 0.1) is 0 Å². The molecule has 0 radical (unpaired) electrons. The summed E-state index contributed by atoms with van der Waals surface area (Å²) in [5.41, 5.74) is 0.0275. The normalized spacial score (nSPS) is 11.7. The zero-order valence-corrected chi connectivity index (χ0v) is 12.0. The zero-order chi connectivity index (χ0) is 16.7. The molecule has 0 saturated heterocycles. The fourth-order valence-electron chi connectivity index (χ4n) is 1.53. The highest BCUT2D eigenvalue weighted by Gasteiger charge is 2.15. The van der Waals surface area contributed by atoms with Crippen LogP contribution in [0.15, 0.2) is 18.2 Å². The van der Waals surface area contributed by atoms with E-state index in [1.165, 1.54) is 13.0 Å². The van der Waals surface area contributed by atoms with Crippen molar-refractivity contribution in [3.05, 3.63) is 24.0 Å². The monoisotopic (exact) mass is 319 g/mol. The van der Waals surface area contributed by atoms with Gasteiger partial charge in [-0.05, 0) is 26.0 Å². The van der Waals surface area contributed by atoms with Crippen molar-refractivity contribution >= 4 is 17.6 Å². The topological polar surface area (TPSA) is 79.5 Å². The summed E-state index contributed by atoms with van der Waals surface area (Å²) in [5.74, 6) is -2.05. The first-order chi connectivity index (χ1) is 10.3. The van der Waals surface area contributed by atoms with E-state index in [0.717, 1.165) is 12.1 Å². The molecule has 0 aromatic heterocycles. The van der Waals surface area contributed by atoms with Crippen molar-refractivity contribution in [2.24, 2.45) is 0 Å². The Balaban J connectivity index is 2.61. The molecule has 9 heteroatoms. The van der Waals surface area contributed by atoms with Gasteiger partial charge in [-0.25, -0.2) is 9.18 Å². The van der Waals surface area contributed by atoms with E-state index >= 15 is 0 Å². The van der Waals surface area contributed by atoms with E-state index in [1.54, 1.807) is 6.92 Å². The van der Waals surface area contributed by atoms with Crippen molar-refractivity contribution in [3.8, 4) is 5.75 Å². The standard InChI is InChI=1S/C13H16F3N3O3/c1-3-17-11(20)7(2)18-13(21)19-8-4-5-10(9(14)6-8)22-12(15)16/h4-7,12H,3H2,1-2H3,(H,17,20)(H2,18,19,21)/t7-/m1/s1. The minimum atomic E-state index is -3.14. The summed E-state index contributed by atoms with van der Waals surface area (Å²) < 4.78 is 41.4. The number of rotatable bonds is 6. The van der Waals surface area contributed by atoms with E-state index in [-0.39, 0.29) is 11.6 Å². The van der Waals surface area contributed by atoms with Crippen LogP contribution in [-0.2, 0) is 4.79 Å².